The third-order valence-electron chi connectivity index (χ3n) is 3.09. The molecule has 0 radical (unpaired) electrons. The lowest BCUT2D eigenvalue weighted by atomic mass is 10.1. The van der Waals surface area contributed by atoms with Gasteiger partial charge in [-0.2, -0.15) is 8.78 Å². The zero-order valence-corrected chi connectivity index (χ0v) is 8.00. The van der Waals surface area contributed by atoms with Gasteiger partial charge in [0.25, 0.3) is 0 Å². The number of ether oxygens (including phenoxy) is 1. The molecule has 2 aliphatic heterocycles. The van der Waals surface area contributed by atoms with Crippen LogP contribution in [0.1, 0.15) is 12.8 Å². The molecule has 14 heavy (non-hydrogen) atoms. The van der Waals surface area contributed by atoms with E-state index in [-0.39, 0.29) is 18.5 Å². The Morgan fingerprint density at radius 3 is 2.79 bits per heavy atom. The highest BCUT2D eigenvalue weighted by atomic mass is 19.3. The Hall–Kier alpha value is -0.550. The molecule has 2 unspecified atom stereocenters. The van der Waals surface area contributed by atoms with Crippen LogP contribution in [-0.2, 0) is 9.53 Å². The third-order valence-corrected chi connectivity index (χ3v) is 3.09. The predicted octanol–water partition coefficient (Wildman–Crippen LogP) is 0.684. The van der Waals surface area contributed by atoms with Gasteiger partial charge in [0, 0.05) is 24.9 Å². The van der Waals surface area contributed by atoms with Gasteiger partial charge in [-0.15, -0.1) is 0 Å². The Morgan fingerprint density at radius 1 is 1.43 bits per heavy atom. The number of Topliss-reactive ketones (excluding diaryl/α,β-unsaturated/α-hetero) is 1. The molecular weight excluding hydrogens is 192 g/mol. The van der Waals surface area contributed by atoms with E-state index in [2.05, 4.69) is 0 Å². The third kappa shape index (κ3) is 1.54. The number of hydrogen-bond acceptors (Lipinski definition) is 3. The van der Waals surface area contributed by atoms with Crippen molar-refractivity contribution >= 4 is 5.78 Å². The zero-order chi connectivity index (χ0) is 10.3. The number of fused-ring (bicyclic) bond motifs is 2. The number of ketones is 1. The molecule has 0 aliphatic carbocycles. The fraction of sp³-hybridized carbons (Fsp3) is 0.889. The van der Waals surface area contributed by atoms with Crippen molar-refractivity contribution in [2.75, 3.05) is 20.3 Å². The van der Waals surface area contributed by atoms with E-state index in [1.54, 1.807) is 7.05 Å². The smallest absolute Gasteiger partial charge is 0.306 e. The monoisotopic (exact) mass is 205 g/mol. The molecule has 2 aliphatic rings. The molecule has 0 saturated carbocycles. The van der Waals surface area contributed by atoms with E-state index in [1.165, 1.54) is 0 Å². The standard InChI is InChI=1S/C9H13F2NO2/c1-12-6-2-8(13)9(10,11)3-7(12)5-14-4-6/h6-7H,2-5H2,1H3. The van der Waals surface area contributed by atoms with Crippen molar-refractivity contribution in [2.24, 2.45) is 0 Å². The number of nitrogens with zero attached hydrogens (tertiary/aromatic N) is 1. The predicted molar refractivity (Wildman–Crippen MR) is 45.3 cm³/mol. The molecular formula is C9H13F2NO2. The van der Waals surface area contributed by atoms with Gasteiger partial charge in [0.15, 0.2) is 0 Å². The lowest BCUT2D eigenvalue weighted by molar-refractivity contribution is -0.143. The van der Waals surface area contributed by atoms with E-state index in [1.807, 2.05) is 4.90 Å². The molecule has 0 amide bonds. The summed E-state index contributed by atoms with van der Waals surface area (Å²) in [6, 6.07) is -0.496. The molecule has 5 heteroatoms. The second-order valence-corrected chi connectivity index (χ2v) is 4.05. The number of rotatable bonds is 0. The van der Waals surface area contributed by atoms with E-state index in [4.69, 9.17) is 4.74 Å². The van der Waals surface area contributed by atoms with Crippen LogP contribution in [0.3, 0.4) is 0 Å². The highest BCUT2D eigenvalue weighted by Crippen LogP contribution is 2.32. The molecule has 2 saturated heterocycles. The van der Waals surface area contributed by atoms with Crippen molar-refractivity contribution in [1.29, 1.82) is 0 Å². The number of alkyl halides is 2. The van der Waals surface area contributed by atoms with Crippen LogP contribution in [-0.4, -0.2) is 49.0 Å². The molecule has 0 aromatic heterocycles. The van der Waals surface area contributed by atoms with Crippen LogP contribution in [0.5, 0.6) is 0 Å². The maximum absolute atomic E-state index is 13.2. The van der Waals surface area contributed by atoms with Crippen molar-refractivity contribution in [1.82, 2.24) is 4.90 Å². The highest BCUT2D eigenvalue weighted by Gasteiger charge is 2.48. The number of hydrogen-bond donors (Lipinski definition) is 0. The van der Waals surface area contributed by atoms with E-state index in [0.29, 0.717) is 13.2 Å². The first-order valence-electron chi connectivity index (χ1n) is 4.71. The summed E-state index contributed by atoms with van der Waals surface area (Å²) in [5.74, 6) is -4.11. The minimum Gasteiger partial charge on any atom is -0.378 e. The largest absolute Gasteiger partial charge is 0.378 e. The Labute approximate surface area is 81.0 Å². The lowest BCUT2D eigenvalue weighted by Gasteiger charge is -2.36. The number of carbonyl (C=O) groups is 1. The van der Waals surface area contributed by atoms with Gasteiger partial charge in [-0.1, -0.05) is 0 Å². The van der Waals surface area contributed by atoms with Gasteiger partial charge in [-0.05, 0) is 7.05 Å². The van der Waals surface area contributed by atoms with Crippen LogP contribution in [0.4, 0.5) is 8.78 Å². The number of likely N-dealkylation sites (N-methyl/N-ethyl adjacent to an activating group) is 1. The number of halogens is 2. The normalized spacial score (nSPS) is 38.1. The summed E-state index contributed by atoms with van der Waals surface area (Å²) in [6.07, 6.45) is -0.501. The lowest BCUT2D eigenvalue weighted by Crippen LogP contribution is -2.49. The molecule has 0 N–H and O–H groups in total. The van der Waals surface area contributed by atoms with E-state index in [9.17, 15) is 13.6 Å². The molecule has 3 nitrogen and oxygen atoms in total. The highest BCUT2D eigenvalue weighted by molar-refractivity contribution is 5.86. The van der Waals surface area contributed by atoms with Crippen LogP contribution >= 0.6 is 0 Å². The summed E-state index contributed by atoms with van der Waals surface area (Å²) in [7, 11) is 1.78. The summed E-state index contributed by atoms with van der Waals surface area (Å²) in [6.45, 7) is 0.685. The molecule has 80 valence electrons. The summed E-state index contributed by atoms with van der Waals surface area (Å²) in [5.41, 5.74) is 0. The average Bonchev–Trinajstić information content (AvgIpc) is 2.17. The second kappa shape index (κ2) is 3.24. The first kappa shape index (κ1) is 9.98. The van der Waals surface area contributed by atoms with Gasteiger partial charge in [0.05, 0.1) is 13.2 Å². The summed E-state index contributed by atoms with van der Waals surface area (Å²) < 4.78 is 31.7. The first-order chi connectivity index (χ1) is 6.50. The van der Waals surface area contributed by atoms with Gasteiger partial charge in [0.1, 0.15) is 0 Å². The van der Waals surface area contributed by atoms with E-state index in [0.717, 1.165) is 0 Å². The molecule has 2 heterocycles. The molecule has 0 aromatic rings. The van der Waals surface area contributed by atoms with E-state index >= 15 is 0 Å². The molecule has 0 aromatic carbocycles. The SMILES string of the molecule is CN1C2COCC1CC(F)(F)C(=O)C2. The van der Waals surface area contributed by atoms with Crippen LogP contribution in [0.2, 0.25) is 0 Å². The zero-order valence-electron chi connectivity index (χ0n) is 8.00. The summed E-state index contributed by atoms with van der Waals surface area (Å²) >= 11 is 0. The van der Waals surface area contributed by atoms with Gasteiger partial charge >= 0.3 is 5.92 Å². The first-order valence-corrected chi connectivity index (χ1v) is 4.71. The van der Waals surface area contributed by atoms with Crippen molar-refractivity contribution in [2.45, 2.75) is 30.8 Å². The number of morpholine rings is 1. The second-order valence-electron chi connectivity index (χ2n) is 4.05. The van der Waals surface area contributed by atoms with Crippen LogP contribution in [0, 0.1) is 0 Å². The molecule has 2 fully saturated rings. The molecule has 0 spiro atoms. The molecule has 2 atom stereocenters. The number of carbonyl (C=O) groups excluding carboxylic acids is 1. The summed E-state index contributed by atoms with van der Waals surface area (Å²) in [4.78, 5) is 13.0. The Balaban J connectivity index is 2.24. The maximum atomic E-state index is 13.2. The average molecular weight is 205 g/mol. The van der Waals surface area contributed by atoms with Crippen molar-refractivity contribution in [3.63, 3.8) is 0 Å². The minimum absolute atomic E-state index is 0.0972. The Bertz CT molecular complexity index is 257. The Morgan fingerprint density at radius 2 is 2.07 bits per heavy atom. The minimum atomic E-state index is -3.17. The van der Waals surface area contributed by atoms with Crippen molar-refractivity contribution in [3.8, 4) is 0 Å². The van der Waals surface area contributed by atoms with Gasteiger partial charge in [0.2, 0.25) is 5.78 Å². The van der Waals surface area contributed by atoms with Gasteiger partial charge in [-0.3, -0.25) is 9.69 Å². The van der Waals surface area contributed by atoms with Crippen LogP contribution in [0.25, 0.3) is 0 Å². The summed E-state index contributed by atoms with van der Waals surface area (Å²) in [5, 5.41) is 0. The maximum Gasteiger partial charge on any atom is 0.306 e. The molecule has 2 bridgehead atoms. The van der Waals surface area contributed by atoms with Gasteiger partial charge < -0.3 is 4.74 Å². The van der Waals surface area contributed by atoms with Crippen LogP contribution < -0.4 is 0 Å². The van der Waals surface area contributed by atoms with Crippen molar-refractivity contribution < 1.29 is 18.3 Å². The van der Waals surface area contributed by atoms with Crippen molar-refractivity contribution in [3.05, 3.63) is 0 Å². The quantitative estimate of drug-likeness (QED) is 0.582. The fourth-order valence-electron chi connectivity index (χ4n) is 2.05. The van der Waals surface area contributed by atoms with Gasteiger partial charge in [-0.25, -0.2) is 0 Å². The van der Waals surface area contributed by atoms with Crippen LogP contribution in [0.15, 0.2) is 0 Å². The topological polar surface area (TPSA) is 29.5 Å². The fourth-order valence-corrected chi connectivity index (χ4v) is 2.05. The van der Waals surface area contributed by atoms with E-state index < -0.39 is 18.1 Å². The molecule has 2 rings (SSSR count). The Kier molecular flexibility index (Phi) is 2.31.